The smallest absolute Gasteiger partial charge is 0.243 e. The van der Waals surface area contributed by atoms with Gasteiger partial charge in [-0.15, -0.1) is 0 Å². The third-order valence-corrected chi connectivity index (χ3v) is 16.2. The first-order chi connectivity index (χ1) is 45.0. The van der Waals surface area contributed by atoms with Gasteiger partial charge in [-0.25, -0.2) is 4.98 Å². The molecule has 94 heavy (non-hydrogen) atoms. The Morgan fingerprint density at radius 1 is 0.479 bits per heavy atom. The monoisotopic (exact) mass is 1300 g/mol. The lowest BCUT2D eigenvalue weighted by Crippen LogP contribution is -2.62. The summed E-state index contributed by atoms with van der Waals surface area (Å²) in [7, 11) is 0. The predicted octanol–water partition coefficient (Wildman–Crippen LogP) is -0.819. The number of benzene rings is 3. The molecule has 29 nitrogen and oxygen atoms in total. The highest BCUT2D eigenvalue weighted by molar-refractivity contribution is 5.99. The molecule has 0 saturated carbocycles. The Morgan fingerprint density at radius 3 is 1.44 bits per heavy atom. The quantitative estimate of drug-likeness (QED) is 0.0129. The summed E-state index contributed by atoms with van der Waals surface area (Å²) in [4.78, 5) is 147. The van der Waals surface area contributed by atoms with Crippen molar-refractivity contribution in [3.05, 3.63) is 126 Å². The normalized spacial score (nSPS) is 14.7. The molecule has 510 valence electrons. The lowest BCUT2D eigenvalue weighted by molar-refractivity contribution is -0.136. The van der Waals surface area contributed by atoms with Crippen LogP contribution in [-0.2, 0) is 68.8 Å². The topological polar surface area (TPSA) is 501 Å². The van der Waals surface area contributed by atoms with E-state index in [0.717, 1.165) is 10.9 Å². The molecule has 24 N–H and O–H groups in total. The molecule has 3 aromatic carbocycles. The second kappa shape index (κ2) is 38.8. The zero-order valence-electron chi connectivity index (χ0n) is 54.0. The first kappa shape index (κ1) is 74.8. The van der Waals surface area contributed by atoms with Crippen molar-refractivity contribution >= 4 is 76.0 Å². The summed E-state index contributed by atoms with van der Waals surface area (Å²) >= 11 is 0. The molecule has 0 aliphatic heterocycles. The van der Waals surface area contributed by atoms with Crippen LogP contribution in [0.4, 0.5) is 0 Å². The number of para-hydroxylation sites is 1. The lowest BCUT2D eigenvalue weighted by atomic mass is 9.96. The first-order valence-electron chi connectivity index (χ1n) is 31.9. The minimum atomic E-state index is -1.43. The number of nitrogens with two attached hydrogens (primary N) is 7. The number of aromatic amines is 2. The molecule has 2 aromatic heterocycles. The lowest BCUT2D eigenvalue weighted by Gasteiger charge is -2.30. The van der Waals surface area contributed by atoms with Gasteiger partial charge in [0.1, 0.15) is 48.3 Å². The molecule has 0 aliphatic carbocycles. The van der Waals surface area contributed by atoms with Crippen molar-refractivity contribution in [3.8, 4) is 0 Å². The summed E-state index contributed by atoms with van der Waals surface area (Å²) in [5.74, 6) is -7.96. The van der Waals surface area contributed by atoms with Gasteiger partial charge < -0.3 is 92.6 Å². The van der Waals surface area contributed by atoms with Crippen LogP contribution in [0, 0.1) is 11.8 Å². The van der Waals surface area contributed by atoms with Crippen LogP contribution in [0.1, 0.15) is 108 Å². The van der Waals surface area contributed by atoms with Crippen molar-refractivity contribution in [2.24, 2.45) is 62.0 Å². The number of hydrogen-bond donors (Lipinski definition) is 17. The van der Waals surface area contributed by atoms with Crippen LogP contribution in [0.3, 0.4) is 0 Å². The van der Waals surface area contributed by atoms with Crippen LogP contribution in [0.15, 0.2) is 114 Å². The van der Waals surface area contributed by atoms with Crippen molar-refractivity contribution in [2.75, 3.05) is 19.6 Å². The van der Waals surface area contributed by atoms with Gasteiger partial charge in [0, 0.05) is 67.8 Å². The van der Waals surface area contributed by atoms with Crippen molar-refractivity contribution < 1.29 is 43.2 Å². The number of nitrogens with zero attached hydrogens (tertiary/aromatic N) is 3. The number of fused-ring (bicyclic) bond motifs is 1. The molecule has 0 spiro atoms. The molecular formula is C65H96N20O9. The number of hydrogen-bond acceptors (Lipinski definition) is 14. The molecule has 0 fully saturated rings. The summed E-state index contributed by atoms with van der Waals surface area (Å²) < 4.78 is 0. The Kier molecular flexibility index (Phi) is 30.9. The zero-order valence-corrected chi connectivity index (χ0v) is 54.0. The van der Waals surface area contributed by atoms with Gasteiger partial charge >= 0.3 is 0 Å². The summed E-state index contributed by atoms with van der Waals surface area (Å²) in [6, 6.07) is 13.7. The molecule has 2 heterocycles. The zero-order chi connectivity index (χ0) is 68.7. The van der Waals surface area contributed by atoms with Gasteiger partial charge in [-0.05, 0) is 86.1 Å². The van der Waals surface area contributed by atoms with Crippen LogP contribution in [-0.4, -0.2) is 154 Å². The number of amides is 9. The summed E-state index contributed by atoms with van der Waals surface area (Å²) in [5.41, 5.74) is 43.1. The molecule has 0 aliphatic rings. The van der Waals surface area contributed by atoms with E-state index in [9.17, 15) is 33.6 Å². The number of H-pyrrole nitrogens is 2. The minimum Gasteiger partial charge on any atom is -0.370 e. The Morgan fingerprint density at radius 2 is 0.915 bits per heavy atom. The number of aromatic nitrogens is 3. The van der Waals surface area contributed by atoms with Crippen LogP contribution < -0.4 is 82.7 Å². The average Bonchev–Trinajstić information content (AvgIpc) is 2.02. The molecule has 0 radical (unpaired) electrons. The van der Waals surface area contributed by atoms with Gasteiger partial charge in [0.2, 0.25) is 53.2 Å². The molecule has 29 heteroatoms. The van der Waals surface area contributed by atoms with Crippen LogP contribution in [0.5, 0.6) is 0 Å². The van der Waals surface area contributed by atoms with E-state index in [1.165, 1.54) is 12.5 Å². The van der Waals surface area contributed by atoms with Crippen LogP contribution in [0.2, 0.25) is 0 Å². The number of nitrogens with one attached hydrogen (secondary N) is 10. The van der Waals surface area contributed by atoms with Crippen molar-refractivity contribution in [3.63, 3.8) is 0 Å². The Labute approximate surface area is 547 Å². The van der Waals surface area contributed by atoms with E-state index in [-0.39, 0.29) is 88.8 Å². The van der Waals surface area contributed by atoms with Crippen LogP contribution >= 0.6 is 0 Å². The highest BCUT2D eigenvalue weighted by atomic mass is 16.2. The second-order valence-corrected chi connectivity index (χ2v) is 23.5. The average molecular weight is 1300 g/mol. The molecule has 0 saturated heterocycles. The van der Waals surface area contributed by atoms with Gasteiger partial charge in [0.05, 0.1) is 12.4 Å². The third-order valence-electron chi connectivity index (χ3n) is 16.2. The highest BCUT2D eigenvalue weighted by Crippen LogP contribution is 2.21. The summed E-state index contributed by atoms with van der Waals surface area (Å²) in [6.45, 7) is 7.72. The minimum absolute atomic E-state index is 0.0100. The summed E-state index contributed by atoms with van der Waals surface area (Å²) in [5, 5.41) is 23.3. The molecule has 0 unspecified atom stereocenters. The SMILES string of the molecule is CC[C@H](C)[C@H](NC(=O)[C@H](CCCN=C(N)N)NC(=O)[C@H](CCCCN)NC(=O)[C@H](Cc1cnc[nH]1)NC(=O)[C@@H](Cc1ccccc1)NC(=O)[C@@H](NC(=O)[C@@H](Cc1ccccc1)NC(=O)[C@@H](Cc1c[nH]c2ccccc12)NC(=O)[C@@H](N)CCCN=C(N)N)[C@@H](C)CC)C(N)=O. The molecule has 9 amide bonds. The first-order valence-corrected chi connectivity index (χ1v) is 31.9. The Hall–Kier alpha value is -9.90. The molecule has 0 bridgehead atoms. The number of primary amides is 1. The maximum absolute atomic E-state index is 15.0. The number of imidazole rings is 1. The van der Waals surface area contributed by atoms with Crippen molar-refractivity contribution in [1.82, 2.24) is 57.5 Å². The van der Waals surface area contributed by atoms with Gasteiger partial charge in [-0.2, -0.15) is 0 Å². The van der Waals surface area contributed by atoms with E-state index in [1.807, 2.05) is 38.1 Å². The number of guanidine groups is 2. The maximum atomic E-state index is 15.0. The van der Waals surface area contributed by atoms with Gasteiger partial charge in [0.15, 0.2) is 11.9 Å². The molecule has 11 atom stereocenters. The fraction of sp³-hybridized carbons (Fsp3) is 0.477. The van der Waals surface area contributed by atoms with E-state index in [1.54, 1.807) is 80.7 Å². The van der Waals surface area contributed by atoms with E-state index in [4.69, 9.17) is 40.1 Å². The largest absolute Gasteiger partial charge is 0.370 e. The number of carbonyl (C=O) groups excluding carboxylic acids is 9. The van der Waals surface area contributed by atoms with Gasteiger partial charge in [-0.3, -0.25) is 53.1 Å². The van der Waals surface area contributed by atoms with E-state index < -0.39 is 113 Å². The third kappa shape index (κ3) is 24.6. The fourth-order valence-corrected chi connectivity index (χ4v) is 10.4. The number of aliphatic imine (C=N–C) groups is 2. The van der Waals surface area contributed by atoms with E-state index >= 15 is 9.59 Å². The molecule has 5 aromatic rings. The maximum Gasteiger partial charge on any atom is 0.243 e. The molecule has 5 rings (SSSR count). The number of carbonyl (C=O) groups is 9. The van der Waals surface area contributed by atoms with Gasteiger partial charge in [0.25, 0.3) is 0 Å². The van der Waals surface area contributed by atoms with Crippen molar-refractivity contribution in [2.45, 2.75) is 166 Å². The second-order valence-electron chi connectivity index (χ2n) is 23.5. The van der Waals surface area contributed by atoms with Crippen LogP contribution in [0.25, 0.3) is 10.9 Å². The molecular weight excluding hydrogens is 1200 g/mol. The highest BCUT2D eigenvalue weighted by Gasteiger charge is 2.37. The Balaban J connectivity index is 1.44. The van der Waals surface area contributed by atoms with Gasteiger partial charge in [-0.1, -0.05) is 119 Å². The number of rotatable bonds is 41. The fourth-order valence-electron chi connectivity index (χ4n) is 10.4. The standard InChI is InChI=1S/C65H96N20O9/c1-5-38(3)53(55(68)86)84-58(89)48(27-18-30-75-65(71)72)78-57(88)47(26-15-16-28-66)79-61(92)52(34-43-36-73-37-77-43)82-59(90)49(31-40-19-9-7-10-20-40)83-63(94)54(39(4)6-2)85-62(93)50(32-41-21-11-8-12-22-41)81-60(91)51(33-42-35-76-46-25-14-13-23-44(42)46)80-56(87)45(67)24-17-29-74-64(69)70/h7-14,19-23,25,35-39,45,47-54,76H,5-6,15-18,24,26-34,66-67H2,1-4H3,(H2,68,86)(H,73,77)(H,78,88)(H,79,92)(H,80,87)(H,81,91)(H,82,90)(H,83,94)(H,84,89)(H,85,93)(H4,69,70,74)(H4,71,72,75)/t38-,39-,45-,47-,48-,49+,50+,51+,52-,53-,54-/m0/s1. The Bertz CT molecular complexity index is 3300. The summed E-state index contributed by atoms with van der Waals surface area (Å²) in [6.07, 6.45) is 6.74. The van der Waals surface area contributed by atoms with E-state index in [0.29, 0.717) is 54.5 Å². The predicted molar refractivity (Wildman–Crippen MR) is 359 cm³/mol. The number of unbranched alkanes of at least 4 members (excludes halogenated alkanes) is 1. The van der Waals surface area contributed by atoms with E-state index in [2.05, 4.69) is 67.5 Å². The van der Waals surface area contributed by atoms with Crippen molar-refractivity contribution in [1.29, 1.82) is 0 Å².